The third-order valence-electron chi connectivity index (χ3n) is 1.44. The third kappa shape index (κ3) is 7.75. The minimum atomic E-state index is -4.02. The zero-order valence-corrected chi connectivity index (χ0v) is 9.85. The van der Waals surface area contributed by atoms with E-state index >= 15 is 0 Å². The molecule has 0 fully saturated rings. The van der Waals surface area contributed by atoms with E-state index in [0.29, 0.717) is 0 Å². The average molecular weight is 256 g/mol. The van der Waals surface area contributed by atoms with E-state index in [1.54, 1.807) is 0 Å². The summed E-state index contributed by atoms with van der Waals surface area (Å²) < 4.78 is 20.4. The molecule has 0 aromatic rings. The van der Waals surface area contributed by atoms with Gasteiger partial charge >= 0.3 is 13.7 Å². The number of aliphatic hydroxyl groups is 1. The minimum Gasteiger partial charge on any atom is -0.464 e. The molecule has 16 heavy (non-hydrogen) atoms. The molecular formula is C7H17N2O6P. The number of rotatable bonds is 8. The summed E-state index contributed by atoms with van der Waals surface area (Å²) in [4.78, 5) is 19.7. The average Bonchev–Trinajstić information content (AvgIpc) is 2.21. The lowest BCUT2D eigenvalue weighted by atomic mass is 10.4. The Balaban J connectivity index is 4.08. The van der Waals surface area contributed by atoms with Crippen LogP contribution in [0.5, 0.6) is 0 Å². The maximum absolute atomic E-state index is 11.3. The second-order valence-corrected chi connectivity index (χ2v) is 4.51. The van der Waals surface area contributed by atoms with Crippen LogP contribution in [0.15, 0.2) is 0 Å². The van der Waals surface area contributed by atoms with Crippen LogP contribution in [-0.2, 0) is 18.6 Å². The Morgan fingerprint density at radius 3 is 2.69 bits per heavy atom. The van der Waals surface area contributed by atoms with Crippen LogP contribution >= 0.6 is 7.75 Å². The minimum absolute atomic E-state index is 0.0908. The Labute approximate surface area is 93.3 Å². The van der Waals surface area contributed by atoms with Gasteiger partial charge in [-0.15, -0.1) is 0 Å². The highest BCUT2D eigenvalue weighted by Gasteiger charge is 2.24. The maximum atomic E-state index is 11.3. The normalized spacial score (nSPS) is 16.5. The Kier molecular flexibility index (Phi) is 7.48. The molecule has 0 heterocycles. The fourth-order valence-corrected chi connectivity index (χ4v) is 1.84. The summed E-state index contributed by atoms with van der Waals surface area (Å²) in [5.74, 6) is -0.545. The number of nitrogens with two attached hydrogens (primary N) is 1. The van der Waals surface area contributed by atoms with Crippen LogP contribution in [0.3, 0.4) is 0 Å². The van der Waals surface area contributed by atoms with E-state index in [0.717, 1.165) is 0 Å². The van der Waals surface area contributed by atoms with Gasteiger partial charge < -0.3 is 20.5 Å². The van der Waals surface area contributed by atoms with Gasteiger partial charge in [-0.2, -0.15) is 0 Å². The van der Waals surface area contributed by atoms with Gasteiger partial charge in [-0.1, -0.05) is 0 Å². The first kappa shape index (κ1) is 15.5. The van der Waals surface area contributed by atoms with Crippen molar-refractivity contribution < 1.29 is 28.6 Å². The molecular weight excluding hydrogens is 239 g/mol. The molecule has 0 aromatic carbocycles. The van der Waals surface area contributed by atoms with E-state index in [9.17, 15) is 14.3 Å². The lowest BCUT2D eigenvalue weighted by Crippen LogP contribution is -2.35. The molecule has 0 saturated carbocycles. The van der Waals surface area contributed by atoms with Gasteiger partial charge in [-0.3, -0.25) is 9.32 Å². The molecule has 96 valence electrons. The number of esters is 1. The van der Waals surface area contributed by atoms with E-state index < -0.39 is 26.4 Å². The molecule has 5 N–H and O–H groups in total. The van der Waals surface area contributed by atoms with Gasteiger partial charge in [0.25, 0.3) is 0 Å². The second-order valence-electron chi connectivity index (χ2n) is 2.95. The summed E-state index contributed by atoms with van der Waals surface area (Å²) in [5, 5.41) is 11.0. The van der Waals surface area contributed by atoms with Crippen molar-refractivity contribution in [2.75, 3.05) is 26.4 Å². The smallest absolute Gasteiger partial charge is 0.403 e. The van der Waals surface area contributed by atoms with Crippen molar-refractivity contribution in [2.24, 2.45) is 5.73 Å². The van der Waals surface area contributed by atoms with Crippen LogP contribution < -0.4 is 10.8 Å². The highest BCUT2D eigenvalue weighted by molar-refractivity contribution is 7.50. The van der Waals surface area contributed by atoms with Crippen LogP contribution in [0.4, 0.5) is 0 Å². The van der Waals surface area contributed by atoms with Crippen molar-refractivity contribution in [1.82, 2.24) is 5.09 Å². The van der Waals surface area contributed by atoms with Crippen molar-refractivity contribution in [2.45, 2.75) is 13.0 Å². The molecule has 2 unspecified atom stereocenters. The highest BCUT2D eigenvalue weighted by Crippen LogP contribution is 2.36. The monoisotopic (exact) mass is 256 g/mol. The van der Waals surface area contributed by atoms with Gasteiger partial charge in [-0.25, -0.2) is 9.65 Å². The number of nitrogens with one attached hydrogen (secondary N) is 1. The fraction of sp³-hybridized carbons (Fsp3) is 0.857. The molecule has 0 aromatic heterocycles. The molecule has 9 heteroatoms. The molecule has 0 saturated heterocycles. The molecule has 0 aliphatic carbocycles. The molecule has 8 nitrogen and oxygen atoms in total. The zero-order chi connectivity index (χ0) is 12.6. The van der Waals surface area contributed by atoms with Crippen molar-refractivity contribution in [3.63, 3.8) is 0 Å². The molecule has 0 rings (SSSR count). The van der Waals surface area contributed by atoms with Crippen molar-refractivity contribution in [3.05, 3.63) is 0 Å². The molecule has 2 atom stereocenters. The van der Waals surface area contributed by atoms with Crippen molar-refractivity contribution >= 4 is 13.7 Å². The standard InChI is InChI=1S/C7H17N2O6P/c1-6(11)14-5-7(4-10)9-16(12,13)15-3-2-8/h7,10H,2-5,8H2,1H3,(H2,9,12,13). The molecule has 0 radical (unpaired) electrons. The number of carbonyl (C=O) groups excluding carboxylic acids is 1. The second kappa shape index (κ2) is 7.72. The van der Waals surface area contributed by atoms with Crippen LogP contribution in [-0.4, -0.2) is 48.4 Å². The largest absolute Gasteiger partial charge is 0.464 e. The van der Waals surface area contributed by atoms with Crippen molar-refractivity contribution in [3.8, 4) is 0 Å². The van der Waals surface area contributed by atoms with E-state index in [1.807, 2.05) is 0 Å². The summed E-state index contributed by atoms with van der Waals surface area (Å²) in [6.07, 6.45) is 0. The number of aliphatic hydroxyl groups excluding tert-OH is 1. The number of hydrogen-bond acceptors (Lipinski definition) is 6. The third-order valence-corrected chi connectivity index (χ3v) is 2.66. The SMILES string of the molecule is CC(=O)OCC(CO)NP(=O)(O)OCCN. The van der Waals surface area contributed by atoms with Crippen molar-refractivity contribution in [1.29, 1.82) is 0 Å². The number of ether oxygens (including phenoxy) is 1. The summed E-state index contributed by atoms with van der Waals surface area (Å²) in [7, 11) is -4.02. The summed E-state index contributed by atoms with van der Waals surface area (Å²) in [6.45, 7) is 0.510. The first-order chi connectivity index (χ1) is 7.41. The highest BCUT2D eigenvalue weighted by atomic mass is 31.2. The Bertz CT molecular complexity index is 261. The molecule has 0 aliphatic heterocycles. The predicted octanol–water partition coefficient (Wildman–Crippen LogP) is -1.42. The Morgan fingerprint density at radius 2 is 2.25 bits per heavy atom. The number of hydrogen-bond donors (Lipinski definition) is 4. The van der Waals surface area contributed by atoms with Crippen LogP contribution in [0, 0.1) is 0 Å². The number of carbonyl (C=O) groups is 1. The van der Waals surface area contributed by atoms with Crippen LogP contribution in [0.2, 0.25) is 0 Å². The van der Waals surface area contributed by atoms with Crippen LogP contribution in [0.1, 0.15) is 6.92 Å². The van der Waals surface area contributed by atoms with Gasteiger partial charge in [0.15, 0.2) is 0 Å². The summed E-state index contributed by atoms with van der Waals surface area (Å²) in [6, 6.07) is -0.863. The fourth-order valence-electron chi connectivity index (χ4n) is 0.793. The van der Waals surface area contributed by atoms with Gasteiger partial charge in [0.05, 0.1) is 19.3 Å². The van der Waals surface area contributed by atoms with Gasteiger partial charge in [-0.05, 0) is 0 Å². The molecule has 0 amide bonds. The van der Waals surface area contributed by atoms with E-state index in [-0.39, 0.29) is 19.8 Å². The zero-order valence-electron chi connectivity index (χ0n) is 8.96. The molecule has 0 bridgehead atoms. The molecule has 0 aliphatic rings. The van der Waals surface area contributed by atoms with Gasteiger partial charge in [0, 0.05) is 13.5 Å². The lowest BCUT2D eigenvalue weighted by molar-refractivity contribution is -0.141. The van der Waals surface area contributed by atoms with Gasteiger partial charge in [0.2, 0.25) is 0 Å². The van der Waals surface area contributed by atoms with E-state index in [2.05, 4.69) is 14.3 Å². The predicted molar refractivity (Wildman–Crippen MR) is 55.5 cm³/mol. The van der Waals surface area contributed by atoms with Crippen LogP contribution in [0.25, 0.3) is 0 Å². The quantitative estimate of drug-likeness (QED) is 0.307. The van der Waals surface area contributed by atoms with E-state index in [4.69, 9.17) is 10.8 Å². The lowest BCUT2D eigenvalue weighted by Gasteiger charge is -2.19. The maximum Gasteiger partial charge on any atom is 0.403 e. The van der Waals surface area contributed by atoms with E-state index in [1.165, 1.54) is 6.92 Å². The molecule has 0 spiro atoms. The first-order valence-corrected chi connectivity index (χ1v) is 6.18. The Hall–Kier alpha value is -0.500. The van der Waals surface area contributed by atoms with Gasteiger partial charge in [0.1, 0.15) is 6.61 Å². The summed E-state index contributed by atoms with van der Waals surface area (Å²) >= 11 is 0. The first-order valence-electron chi connectivity index (χ1n) is 4.60. The Morgan fingerprint density at radius 1 is 1.62 bits per heavy atom. The topological polar surface area (TPSA) is 131 Å². The summed E-state index contributed by atoms with van der Waals surface area (Å²) in [5.41, 5.74) is 5.09.